The molecule has 60 valence electrons. The van der Waals surface area contributed by atoms with Gasteiger partial charge in [0.25, 0.3) is 0 Å². The Morgan fingerprint density at radius 1 is 1.55 bits per heavy atom. The van der Waals surface area contributed by atoms with E-state index in [0.29, 0.717) is 5.69 Å². The number of halogens is 1. The average Bonchev–Trinajstić information content (AvgIpc) is 1.97. The second kappa shape index (κ2) is 3.42. The first-order valence-electron chi connectivity index (χ1n) is 3.03. The molecule has 11 heavy (non-hydrogen) atoms. The van der Waals surface area contributed by atoms with Crippen molar-refractivity contribution in [2.24, 2.45) is 0 Å². The van der Waals surface area contributed by atoms with Gasteiger partial charge < -0.3 is 10.5 Å². The van der Waals surface area contributed by atoms with Crippen molar-refractivity contribution in [2.75, 3.05) is 12.8 Å². The number of anilines is 1. The lowest BCUT2D eigenvalue weighted by Gasteiger charge is -2.06. The minimum absolute atomic E-state index is 0.688. The van der Waals surface area contributed by atoms with E-state index in [1.807, 2.05) is 6.07 Å². The second-order valence-electron chi connectivity index (χ2n) is 2.12. The molecule has 0 saturated carbocycles. The van der Waals surface area contributed by atoms with Gasteiger partial charge in [-0.25, -0.2) is 0 Å². The summed E-state index contributed by atoms with van der Waals surface area (Å²) in [5, 5.41) is 0.994. The van der Waals surface area contributed by atoms with Crippen LogP contribution in [-0.4, -0.2) is 7.11 Å². The summed E-state index contributed by atoms with van der Waals surface area (Å²) in [6.07, 6.45) is 0. The SMILES string of the molecule is COc1cc(N)c(Br)cc1P. The van der Waals surface area contributed by atoms with Crippen LogP contribution in [0.15, 0.2) is 16.6 Å². The van der Waals surface area contributed by atoms with Crippen molar-refractivity contribution in [2.45, 2.75) is 0 Å². The summed E-state index contributed by atoms with van der Waals surface area (Å²) in [5.74, 6) is 0.788. The summed E-state index contributed by atoms with van der Waals surface area (Å²) >= 11 is 3.32. The molecular formula is C7H9BrNOP. The number of rotatable bonds is 1. The van der Waals surface area contributed by atoms with Crippen LogP contribution < -0.4 is 15.8 Å². The zero-order valence-electron chi connectivity index (χ0n) is 6.10. The Balaban J connectivity index is 3.21. The van der Waals surface area contributed by atoms with Gasteiger partial charge in [0.05, 0.1) is 7.11 Å². The number of methoxy groups -OCH3 is 1. The molecule has 0 aliphatic carbocycles. The van der Waals surface area contributed by atoms with E-state index in [-0.39, 0.29) is 0 Å². The summed E-state index contributed by atoms with van der Waals surface area (Å²) in [4.78, 5) is 0. The molecule has 0 radical (unpaired) electrons. The average molecular weight is 234 g/mol. The minimum atomic E-state index is 0.688. The minimum Gasteiger partial charge on any atom is -0.496 e. The van der Waals surface area contributed by atoms with Crippen LogP contribution in [0.25, 0.3) is 0 Å². The molecule has 0 bridgehead atoms. The van der Waals surface area contributed by atoms with Gasteiger partial charge in [0.2, 0.25) is 0 Å². The summed E-state index contributed by atoms with van der Waals surface area (Å²) in [6, 6.07) is 3.69. The van der Waals surface area contributed by atoms with E-state index in [1.165, 1.54) is 0 Å². The Labute approximate surface area is 76.4 Å². The molecule has 1 aromatic carbocycles. The van der Waals surface area contributed by atoms with E-state index in [2.05, 4.69) is 25.2 Å². The van der Waals surface area contributed by atoms with Gasteiger partial charge in [-0.05, 0) is 22.0 Å². The van der Waals surface area contributed by atoms with Gasteiger partial charge in [-0.2, -0.15) is 0 Å². The highest BCUT2D eigenvalue weighted by atomic mass is 79.9. The summed E-state index contributed by atoms with van der Waals surface area (Å²) < 4.78 is 5.95. The number of nitrogens with two attached hydrogens (primary N) is 1. The van der Waals surface area contributed by atoms with Gasteiger partial charge >= 0.3 is 0 Å². The van der Waals surface area contributed by atoms with Crippen LogP contribution in [0.3, 0.4) is 0 Å². The third-order valence-electron chi connectivity index (χ3n) is 1.35. The molecule has 2 nitrogen and oxygen atoms in total. The first-order valence-corrected chi connectivity index (χ1v) is 4.40. The fraction of sp³-hybridized carbons (Fsp3) is 0.143. The van der Waals surface area contributed by atoms with E-state index >= 15 is 0 Å². The Morgan fingerprint density at radius 3 is 2.73 bits per heavy atom. The van der Waals surface area contributed by atoms with Crippen molar-refractivity contribution in [3.8, 4) is 5.75 Å². The monoisotopic (exact) mass is 233 g/mol. The maximum absolute atomic E-state index is 5.63. The van der Waals surface area contributed by atoms with Crippen LogP contribution in [0.2, 0.25) is 0 Å². The molecule has 0 heterocycles. The lowest BCUT2D eigenvalue weighted by atomic mass is 10.3. The molecule has 1 aromatic rings. The quantitative estimate of drug-likeness (QED) is 0.590. The lowest BCUT2D eigenvalue weighted by Crippen LogP contribution is -2.00. The number of ether oxygens (including phenoxy) is 1. The molecular weight excluding hydrogens is 225 g/mol. The Bertz CT molecular complexity index is 277. The van der Waals surface area contributed by atoms with Gasteiger partial charge in [-0.1, -0.05) is 0 Å². The van der Waals surface area contributed by atoms with Crippen LogP contribution in [0.5, 0.6) is 5.75 Å². The molecule has 0 spiro atoms. The van der Waals surface area contributed by atoms with E-state index in [0.717, 1.165) is 15.5 Å². The van der Waals surface area contributed by atoms with E-state index in [4.69, 9.17) is 10.5 Å². The summed E-state index contributed by atoms with van der Waals surface area (Å²) in [5.41, 5.74) is 6.32. The number of hydrogen-bond donors (Lipinski definition) is 1. The fourth-order valence-electron chi connectivity index (χ4n) is 0.761. The Morgan fingerprint density at radius 2 is 2.18 bits per heavy atom. The van der Waals surface area contributed by atoms with Crippen LogP contribution in [0, 0.1) is 0 Å². The first kappa shape index (κ1) is 8.82. The van der Waals surface area contributed by atoms with Gasteiger partial charge in [0.1, 0.15) is 5.75 Å². The molecule has 0 fully saturated rings. The number of hydrogen-bond acceptors (Lipinski definition) is 2. The molecule has 0 aliphatic rings. The van der Waals surface area contributed by atoms with Crippen LogP contribution in [0.1, 0.15) is 0 Å². The number of nitrogen functional groups attached to an aromatic ring is 1. The molecule has 0 aromatic heterocycles. The Kier molecular flexibility index (Phi) is 2.74. The topological polar surface area (TPSA) is 35.2 Å². The molecule has 0 aliphatic heterocycles. The third-order valence-corrected chi connectivity index (χ3v) is 2.49. The van der Waals surface area contributed by atoms with Gasteiger partial charge in [-0.15, -0.1) is 9.24 Å². The highest BCUT2D eigenvalue weighted by Crippen LogP contribution is 2.23. The van der Waals surface area contributed by atoms with Crippen LogP contribution in [-0.2, 0) is 0 Å². The van der Waals surface area contributed by atoms with Gasteiger partial charge in [-0.3, -0.25) is 0 Å². The predicted octanol–water partition coefficient (Wildman–Crippen LogP) is 1.54. The largest absolute Gasteiger partial charge is 0.496 e. The molecule has 4 heteroatoms. The maximum Gasteiger partial charge on any atom is 0.128 e. The van der Waals surface area contributed by atoms with E-state index in [1.54, 1.807) is 13.2 Å². The zero-order valence-corrected chi connectivity index (χ0v) is 8.84. The highest BCUT2D eigenvalue weighted by molar-refractivity contribution is 9.10. The Hall–Kier alpha value is -0.270. The first-order chi connectivity index (χ1) is 5.15. The molecule has 1 rings (SSSR count). The van der Waals surface area contributed by atoms with Crippen molar-refractivity contribution in [3.05, 3.63) is 16.6 Å². The molecule has 1 atom stereocenters. The molecule has 1 unspecified atom stereocenters. The van der Waals surface area contributed by atoms with E-state index < -0.39 is 0 Å². The van der Waals surface area contributed by atoms with Crippen molar-refractivity contribution in [1.82, 2.24) is 0 Å². The van der Waals surface area contributed by atoms with Crippen molar-refractivity contribution in [3.63, 3.8) is 0 Å². The number of benzene rings is 1. The molecule has 2 N–H and O–H groups in total. The van der Waals surface area contributed by atoms with Crippen LogP contribution in [0.4, 0.5) is 5.69 Å². The highest BCUT2D eigenvalue weighted by Gasteiger charge is 2.01. The van der Waals surface area contributed by atoms with Crippen molar-refractivity contribution >= 4 is 36.2 Å². The predicted molar refractivity (Wildman–Crippen MR) is 54.5 cm³/mol. The normalized spacial score (nSPS) is 9.73. The second-order valence-corrected chi connectivity index (χ2v) is 3.59. The summed E-state index contributed by atoms with van der Waals surface area (Å²) in [7, 11) is 4.20. The van der Waals surface area contributed by atoms with Crippen molar-refractivity contribution < 1.29 is 4.74 Å². The third kappa shape index (κ3) is 1.85. The molecule has 0 saturated heterocycles. The standard InChI is InChI=1S/C7H9BrNOP/c1-10-6-3-5(9)4(8)2-7(6)11/h2-3H,9,11H2,1H3. The smallest absolute Gasteiger partial charge is 0.128 e. The van der Waals surface area contributed by atoms with E-state index in [9.17, 15) is 0 Å². The zero-order chi connectivity index (χ0) is 8.43. The lowest BCUT2D eigenvalue weighted by molar-refractivity contribution is 0.418. The van der Waals surface area contributed by atoms with Gasteiger partial charge in [0.15, 0.2) is 0 Å². The summed E-state index contributed by atoms with van der Waals surface area (Å²) in [6.45, 7) is 0. The molecule has 0 amide bonds. The van der Waals surface area contributed by atoms with Crippen LogP contribution >= 0.6 is 25.2 Å². The van der Waals surface area contributed by atoms with Crippen molar-refractivity contribution in [1.29, 1.82) is 0 Å². The fourth-order valence-corrected chi connectivity index (χ4v) is 1.73. The van der Waals surface area contributed by atoms with Gasteiger partial charge in [0, 0.05) is 21.5 Å². The maximum atomic E-state index is 5.63.